The summed E-state index contributed by atoms with van der Waals surface area (Å²) in [7, 11) is 0. The average molecular weight is 995 g/mol. The fourth-order valence-corrected chi connectivity index (χ4v) is 13.7. The Hall–Kier alpha value is -9.76. The minimum absolute atomic E-state index is 0.163. The molecular weight excluding hydrogens is 941 g/mol. The molecule has 0 saturated heterocycles. The molecule has 15 rings (SSSR count). The number of aromatic nitrogens is 1. The van der Waals surface area contributed by atoms with Gasteiger partial charge in [0.25, 0.3) is 0 Å². The minimum atomic E-state index is -0.472. The van der Waals surface area contributed by atoms with E-state index >= 15 is 0 Å². The number of fused-ring (bicyclic) bond motifs is 12. The predicted molar refractivity (Wildman–Crippen MR) is 327 cm³/mol. The topological polar surface area (TPSA) is 8.17 Å². The van der Waals surface area contributed by atoms with E-state index in [2.05, 4.69) is 315 Å². The largest absolute Gasteiger partial charge is 0.309 e. The fourth-order valence-electron chi connectivity index (χ4n) is 13.7. The first kappa shape index (κ1) is 45.6. The summed E-state index contributed by atoms with van der Waals surface area (Å²) in [6.45, 7) is 4.79. The van der Waals surface area contributed by atoms with Crippen LogP contribution in [0.2, 0.25) is 0 Å². The van der Waals surface area contributed by atoms with Crippen LogP contribution in [0, 0.1) is 0 Å². The third kappa shape index (κ3) is 6.76. The van der Waals surface area contributed by atoms with Crippen LogP contribution >= 0.6 is 0 Å². The molecule has 0 amide bonds. The number of nitrogens with zero attached hydrogens (tertiary/aromatic N) is 2. The molecule has 0 radical (unpaired) electrons. The van der Waals surface area contributed by atoms with Gasteiger partial charge >= 0.3 is 0 Å². The van der Waals surface area contributed by atoms with E-state index in [1.807, 2.05) is 0 Å². The smallest absolute Gasteiger partial charge is 0.0719 e. The molecule has 0 saturated carbocycles. The summed E-state index contributed by atoms with van der Waals surface area (Å²) in [5, 5.41) is 2.39. The Morgan fingerprint density at radius 2 is 0.769 bits per heavy atom. The molecule has 0 bridgehead atoms. The molecule has 2 heteroatoms. The Morgan fingerprint density at radius 1 is 0.295 bits per heavy atom. The van der Waals surface area contributed by atoms with Crippen molar-refractivity contribution in [3.05, 3.63) is 325 Å². The van der Waals surface area contributed by atoms with Crippen molar-refractivity contribution in [1.29, 1.82) is 0 Å². The van der Waals surface area contributed by atoms with Gasteiger partial charge < -0.3 is 9.47 Å². The highest BCUT2D eigenvalue weighted by Gasteiger charge is 2.53. The average Bonchev–Trinajstić information content (AvgIpc) is 3.82. The van der Waals surface area contributed by atoms with E-state index in [0.29, 0.717) is 0 Å². The molecule has 0 atom stereocenters. The summed E-state index contributed by atoms with van der Waals surface area (Å²) >= 11 is 0. The zero-order chi connectivity index (χ0) is 52.0. The van der Waals surface area contributed by atoms with Crippen LogP contribution in [0.4, 0.5) is 17.1 Å². The quantitative estimate of drug-likeness (QED) is 0.147. The van der Waals surface area contributed by atoms with Gasteiger partial charge in [-0.25, -0.2) is 0 Å². The van der Waals surface area contributed by atoms with Crippen LogP contribution in [0.15, 0.2) is 291 Å². The maximum Gasteiger partial charge on any atom is 0.0719 e. The van der Waals surface area contributed by atoms with E-state index in [-0.39, 0.29) is 5.41 Å². The van der Waals surface area contributed by atoms with Gasteiger partial charge in [-0.3, -0.25) is 0 Å². The lowest BCUT2D eigenvalue weighted by Crippen LogP contribution is -2.40. The Labute approximate surface area is 456 Å². The molecule has 1 spiro atoms. The predicted octanol–water partition coefficient (Wildman–Crippen LogP) is 19.9. The van der Waals surface area contributed by atoms with Crippen LogP contribution in [0.25, 0.3) is 83.1 Å². The maximum atomic E-state index is 2.51. The van der Waals surface area contributed by atoms with E-state index in [4.69, 9.17) is 0 Å². The second-order valence-electron chi connectivity index (χ2n) is 21.5. The van der Waals surface area contributed by atoms with E-state index < -0.39 is 5.41 Å². The summed E-state index contributed by atoms with van der Waals surface area (Å²) in [5.74, 6) is 0. The number of anilines is 3. The molecule has 1 aromatic heterocycles. The Bertz CT molecular complexity index is 4410. The molecule has 2 aliphatic carbocycles. The van der Waals surface area contributed by atoms with E-state index in [1.165, 1.54) is 99.7 Å². The first-order valence-corrected chi connectivity index (χ1v) is 27.3. The third-order valence-electron chi connectivity index (χ3n) is 17.1. The molecule has 0 fully saturated rings. The standard InChI is InChI=1S/C76H54N2/c1-75(2)65-36-17-19-38-67(65)76(68-39-20-18-37-66(68)75)64-35-16-13-32-60(64)61-49-46-53(50-69(61)76)51-44-47-55(48-45-51)78(73-43-23-42-72-74(73)63-34-15-22-41-71(63)77(72)54-26-7-4-8-27-54)70-40-21-14-33-62(70)59-31-12-11-30-58(59)57-29-10-9-28-56(57)52-24-5-3-6-25-52/h3-50H,1-2H3. The molecule has 2 aliphatic rings. The van der Waals surface area contributed by atoms with Gasteiger partial charge in [-0.15, -0.1) is 0 Å². The van der Waals surface area contributed by atoms with Crippen molar-refractivity contribution in [1.82, 2.24) is 4.57 Å². The zero-order valence-electron chi connectivity index (χ0n) is 43.6. The maximum absolute atomic E-state index is 2.51. The summed E-state index contributed by atoms with van der Waals surface area (Å²) < 4.78 is 2.42. The summed E-state index contributed by atoms with van der Waals surface area (Å²) in [4.78, 5) is 2.51. The Balaban J connectivity index is 0.938. The second kappa shape index (κ2) is 17.9. The molecule has 12 aromatic carbocycles. The van der Waals surface area contributed by atoms with Crippen LogP contribution in [0.3, 0.4) is 0 Å². The van der Waals surface area contributed by atoms with Gasteiger partial charge in [0.15, 0.2) is 0 Å². The summed E-state index contributed by atoms with van der Waals surface area (Å²) in [6, 6.07) is 108. The van der Waals surface area contributed by atoms with Crippen LogP contribution < -0.4 is 4.90 Å². The van der Waals surface area contributed by atoms with E-state index in [0.717, 1.165) is 33.8 Å². The molecular formula is C76H54N2. The molecule has 13 aromatic rings. The number of rotatable bonds is 8. The highest BCUT2D eigenvalue weighted by atomic mass is 15.2. The lowest BCUT2D eigenvalue weighted by atomic mass is 9.55. The van der Waals surface area contributed by atoms with Crippen LogP contribution in [-0.2, 0) is 10.8 Å². The fraction of sp³-hybridized carbons (Fsp3) is 0.0526. The monoisotopic (exact) mass is 994 g/mol. The van der Waals surface area contributed by atoms with Gasteiger partial charge in [-0.2, -0.15) is 0 Å². The highest BCUT2D eigenvalue weighted by molar-refractivity contribution is 6.17. The van der Waals surface area contributed by atoms with Crippen molar-refractivity contribution < 1.29 is 0 Å². The van der Waals surface area contributed by atoms with Crippen molar-refractivity contribution in [2.75, 3.05) is 4.90 Å². The van der Waals surface area contributed by atoms with Gasteiger partial charge in [0, 0.05) is 33.1 Å². The molecule has 0 unspecified atom stereocenters. The third-order valence-corrected chi connectivity index (χ3v) is 17.1. The van der Waals surface area contributed by atoms with Crippen molar-refractivity contribution in [2.45, 2.75) is 24.7 Å². The highest BCUT2D eigenvalue weighted by Crippen LogP contribution is 2.62. The molecule has 0 aliphatic heterocycles. The SMILES string of the molecule is CC1(C)c2ccccc2C2(c3ccccc3-c3ccc(-c4ccc(N(c5ccccc5-c5ccccc5-c5ccccc5-c5ccccc5)c5cccc6c5c5ccccc5n6-c5ccccc5)cc4)cc32)c2ccccc21. The summed E-state index contributed by atoms with van der Waals surface area (Å²) in [6.07, 6.45) is 0. The molecule has 2 nitrogen and oxygen atoms in total. The molecule has 0 N–H and O–H groups in total. The van der Waals surface area contributed by atoms with Gasteiger partial charge in [0.05, 0.1) is 27.8 Å². The molecule has 1 heterocycles. The van der Waals surface area contributed by atoms with Crippen molar-refractivity contribution in [3.63, 3.8) is 0 Å². The number of benzene rings is 12. The molecule has 368 valence electrons. The lowest BCUT2D eigenvalue weighted by Gasteiger charge is -2.46. The van der Waals surface area contributed by atoms with Gasteiger partial charge in [0.1, 0.15) is 0 Å². The van der Waals surface area contributed by atoms with Crippen LogP contribution in [-0.4, -0.2) is 4.57 Å². The first-order valence-electron chi connectivity index (χ1n) is 27.3. The lowest BCUT2D eigenvalue weighted by molar-refractivity contribution is 0.563. The summed E-state index contributed by atoms with van der Waals surface area (Å²) in [5.41, 5.74) is 26.3. The van der Waals surface area contributed by atoms with Gasteiger partial charge in [-0.1, -0.05) is 250 Å². The van der Waals surface area contributed by atoms with Crippen LogP contribution in [0.1, 0.15) is 47.2 Å². The van der Waals surface area contributed by atoms with Gasteiger partial charge in [-0.05, 0) is 138 Å². The van der Waals surface area contributed by atoms with Crippen molar-refractivity contribution in [3.8, 4) is 61.3 Å². The first-order chi connectivity index (χ1) is 38.5. The number of para-hydroxylation sites is 3. The van der Waals surface area contributed by atoms with Crippen LogP contribution in [0.5, 0.6) is 0 Å². The Kier molecular flexibility index (Phi) is 10.5. The van der Waals surface area contributed by atoms with Gasteiger partial charge in [0.2, 0.25) is 0 Å². The zero-order valence-corrected chi connectivity index (χ0v) is 43.6. The normalized spacial score (nSPS) is 13.5. The molecule has 78 heavy (non-hydrogen) atoms. The number of hydrogen-bond donors (Lipinski definition) is 0. The Morgan fingerprint density at radius 3 is 1.46 bits per heavy atom. The number of hydrogen-bond acceptors (Lipinski definition) is 1. The minimum Gasteiger partial charge on any atom is -0.309 e. The van der Waals surface area contributed by atoms with Crippen molar-refractivity contribution >= 4 is 38.9 Å². The second-order valence-corrected chi connectivity index (χ2v) is 21.5. The van der Waals surface area contributed by atoms with Crippen molar-refractivity contribution in [2.24, 2.45) is 0 Å². The van der Waals surface area contributed by atoms with E-state index in [1.54, 1.807) is 0 Å². The van der Waals surface area contributed by atoms with E-state index in [9.17, 15) is 0 Å².